The van der Waals surface area contributed by atoms with Gasteiger partial charge in [-0.2, -0.15) is 10.2 Å². The van der Waals surface area contributed by atoms with Crippen LogP contribution in [0.15, 0.2) is 60.8 Å². The molecule has 3 atom stereocenters. The van der Waals surface area contributed by atoms with Gasteiger partial charge in [-0.1, -0.05) is 48.0 Å². The van der Waals surface area contributed by atoms with Crippen molar-refractivity contribution in [2.24, 2.45) is 0 Å². The second-order valence-electron chi connectivity index (χ2n) is 13.7. The molecule has 0 radical (unpaired) electrons. The van der Waals surface area contributed by atoms with Crippen molar-refractivity contribution < 1.29 is 23.9 Å². The van der Waals surface area contributed by atoms with E-state index in [1.54, 1.807) is 37.6 Å². The van der Waals surface area contributed by atoms with Crippen LogP contribution in [0.25, 0.3) is 11.1 Å². The first-order valence-corrected chi connectivity index (χ1v) is 18.5. The van der Waals surface area contributed by atoms with Crippen molar-refractivity contribution in [3.63, 3.8) is 0 Å². The van der Waals surface area contributed by atoms with Gasteiger partial charge in [0, 0.05) is 68.4 Å². The van der Waals surface area contributed by atoms with Crippen LogP contribution >= 0.6 is 11.6 Å². The quantitative estimate of drug-likeness (QED) is 0.121. The number of nitrogens with one attached hydrogen (secondary N) is 5. The van der Waals surface area contributed by atoms with Gasteiger partial charge >= 0.3 is 0 Å². The fraction of sp³-hybridized carbons (Fsp3) is 0.350. The molecule has 2 aliphatic heterocycles. The van der Waals surface area contributed by atoms with Gasteiger partial charge in [-0.25, -0.2) is 4.98 Å². The smallest absolute Gasteiger partial charge is 0.258 e. The van der Waals surface area contributed by atoms with Crippen molar-refractivity contribution in [3.8, 4) is 29.0 Å². The number of anilines is 1. The van der Waals surface area contributed by atoms with Crippen LogP contribution in [0.4, 0.5) is 5.82 Å². The van der Waals surface area contributed by atoms with Crippen molar-refractivity contribution in [2.45, 2.75) is 69.8 Å². The van der Waals surface area contributed by atoms with E-state index in [2.05, 4.69) is 42.6 Å². The number of carbonyl (C=O) groups is 3. The summed E-state index contributed by atoms with van der Waals surface area (Å²) in [5, 5.41) is 26.1. The molecule has 4 aromatic rings. The minimum atomic E-state index is -0.434. The molecule has 278 valence electrons. The van der Waals surface area contributed by atoms with Gasteiger partial charge in [0.2, 0.25) is 23.6 Å². The molecule has 13 nitrogen and oxygen atoms in total. The summed E-state index contributed by atoms with van der Waals surface area (Å²) < 4.78 is 12.0. The lowest BCUT2D eigenvalue weighted by molar-refractivity contribution is -0.120. The van der Waals surface area contributed by atoms with Gasteiger partial charge in [0.05, 0.1) is 18.2 Å². The van der Waals surface area contributed by atoms with Crippen LogP contribution in [0, 0.1) is 11.3 Å². The van der Waals surface area contributed by atoms with E-state index in [1.807, 2.05) is 30.3 Å². The summed E-state index contributed by atoms with van der Waals surface area (Å²) in [7, 11) is 1.55. The van der Waals surface area contributed by atoms with E-state index in [4.69, 9.17) is 21.1 Å². The fourth-order valence-corrected chi connectivity index (χ4v) is 7.53. The van der Waals surface area contributed by atoms with E-state index in [0.717, 1.165) is 40.7 Å². The minimum absolute atomic E-state index is 0.0721. The lowest BCUT2D eigenvalue weighted by Gasteiger charge is -2.18. The summed E-state index contributed by atoms with van der Waals surface area (Å²) >= 11 is 6.69. The lowest BCUT2D eigenvalue weighted by Crippen LogP contribution is -2.35. The van der Waals surface area contributed by atoms with Gasteiger partial charge < -0.3 is 36.1 Å². The number of halogens is 1. The second-order valence-corrected chi connectivity index (χ2v) is 14.1. The first-order chi connectivity index (χ1) is 26.3. The molecule has 4 heterocycles. The molecule has 2 fully saturated rings. The van der Waals surface area contributed by atoms with Crippen LogP contribution in [-0.2, 0) is 29.1 Å². The zero-order valence-corrected chi connectivity index (χ0v) is 30.6. The van der Waals surface area contributed by atoms with Gasteiger partial charge in [0.15, 0.2) is 0 Å². The van der Waals surface area contributed by atoms with E-state index in [0.29, 0.717) is 74.1 Å². The normalized spacial score (nSPS) is 18.8. The Morgan fingerprint density at radius 3 is 2.31 bits per heavy atom. The SMILES string of the molecule is COc1nc(O[C@H]2CCc3c(-c4cccc(C(=O)Nc5ccc(CNC[C@@H]6CCC(=O)N6)cn5)c4C#N)cccc32)c(Cl)cc1CNC[C@@H]1CCC(=O)N1. The standard InChI is InChI=1S/C40H41ClN8O5/c1-53-39-24(20-44-22-26-10-15-37(51)47-26)16-33(41)40(49-39)54-34-12-11-29-27(4-2-6-30(29)34)28-5-3-7-31(32(28)17-42)38(52)48-35-13-8-23(19-45-35)18-43-21-25-9-14-36(50)46-25/h2-8,13,16,19,25-26,34,43-44H,9-12,14-15,18,20-22H2,1H3,(H,46,50)(H,47,51)(H,45,48,52)/t25-,26-,34-/m0/s1. The van der Waals surface area contributed by atoms with Gasteiger partial charge in [-0.15, -0.1) is 0 Å². The number of aromatic nitrogens is 2. The molecule has 3 amide bonds. The Labute approximate surface area is 318 Å². The summed E-state index contributed by atoms with van der Waals surface area (Å²) in [5.41, 5.74) is 5.72. The largest absolute Gasteiger partial charge is 0.481 e. The van der Waals surface area contributed by atoms with E-state index < -0.39 is 5.91 Å². The first-order valence-electron chi connectivity index (χ1n) is 18.1. The van der Waals surface area contributed by atoms with Crippen molar-refractivity contribution in [3.05, 3.63) is 99.2 Å². The predicted molar refractivity (Wildman–Crippen MR) is 202 cm³/mol. The second kappa shape index (κ2) is 16.6. The topological polar surface area (TPSA) is 179 Å². The van der Waals surface area contributed by atoms with E-state index in [1.165, 1.54) is 0 Å². The maximum absolute atomic E-state index is 13.5. The van der Waals surface area contributed by atoms with Crippen LogP contribution in [0.5, 0.6) is 11.8 Å². The number of hydrogen-bond donors (Lipinski definition) is 5. The minimum Gasteiger partial charge on any atom is -0.481 e. The lowest BCUT2D eigenvalue weighted by atomic mass is 9.91. The number of carbonyl (C=O) groups excluding carboxylic acids is 3. The molecule has 14 heteroatoms. The van der Waals surface area contributed by atoms with Gasteiger partial charge in [-0.05, 0) is 66.1 Å². The van der Waals surface area contributed by atoms with Crippen molar-refractivity contribution >= 4 is 35.1 Å². The van der Waals surface area contributed by atoms with E-state index in [9.17, 15) is 19.6 Å². The molecule has 2 aromatic heterocycles. The Morgan fingerprint density at radius 2 is 1.65 bits per heavy atom. The Morgan fingerprint density at radius 1 is 0.926 bits per heavy atom. The summed E-state index contributed by atoms with van der Waals surface area (Å²) in [4.78, 5) is 45.5. The highest BCUT2D eigenvalue weighted by molar-refractivity contribution is 6.31. The molecular formula is C40H41ClN8O5. The van der Waals surface area contributed by atoms with E-state index >= 15 is 0 Å². The average molecular weight is 749 g/mol. The number of nitrogens with zero attached hydrogens (tertiary/aromatic N) is 3. The van der Waals surface area contributed by atoms with E-state index in [-0.39, 0.29) is 47.0 Å². The van der Waals surface area contributed by atoms with Crippen LogP contribution in [-0.4, -0.2) is 60.0 Å². The molecule has 1 aliphatic carbocycles. The number of rotatable bonds is 14. The third-order valence-corrected chi connectivity index (χ3v) is 10.3. The number of hydrogen-bond acceptors (Lipinski definition) is 10. The molecule has 2 saturated heterocycles. The molecular weight excluding hydrogens is 708 g/mol. The maximum Gasteiger partial charge on any atom is 0.258 e. The number of pyridine rings is 2. The molecule has 2 aromatic carbocycles. The Hall–Kier alpha value is -5.55. The molecule has 0 unspecified atom stereocenters. The van der Waals surface area contributed by atoms with Crippen molar-refractivity contribution in [2.75, 3.05) is 25.5 Å². The summed E-state index contributed by atoms with van der Waals surface area (Å²) in [5.74, 6) is 0.750. The van der Waals surface area contributed by atoms with Gasteiger partial charge in [-0.3, -0.25) is 14.4 Å². The first kappa shape index (κ1) is 36.8. The molecule has 0 spiro atoms. The highest BCUT2D eigenvalue weighted by atomic mass is 35.5. The average Bonchev–Trinajstić information content (AvgIpc) is 3.92. The Bertz CT molecular complexity index is 2100. The highest BCUT2D eigenvalue weighted by Gasteiger charge is 2.30. The van der Waals surface area contributed by atoms with Crippen LogP contribution in [0.1, 0.15) is 76.4 Å². The number of fused-ring (bicyclic) bond motifs is 1. The zero-order chi connectivity index (χ0) is 37.6. The summed E-state index contributed by atoms with van der Waals surface area (Å²) in [6, 6.07) is 19.1. The summed E-state index contributed by atoms with van der Waals surface area (Å²) in [6.45, 7) is 2.34. The van der Waals surface area contributed by atoms with Gasteiger partial charge in [0.25, 0.3) is 5.91 Å². The Balaban J connectivity index is 1.02. The van der Waals surface area contributed by atoms with Gasteiger partial charge in [0.1, 0.15) is 23.0 Å². The number of nitriles is 1. The number of benzene rings is 2. The molecule has 0 bridgehead atoms. The fourth-order valence-electron chi connectivity index (χ4n) is 7.31. The third-order valence-electron chi connectivity index (χ3n) is 10.0. The van der Waals surface area contributed by atoms with Crippen LogP contribution < -0.4 is 36.1 Å². The molecule has 7 rings (SSSR count). The number of methoxy groups -OCH3 is 1. The molecule has 3 aliphatic rings. The zero-order valence-electron chi connectivity index (χ0n) is 29.8. The number of amides is 3. The van der Waals surface area contributed by atoms with Crippen LogP contribution in [0.3, 0.4) is 0 Å². The van der Waals surface area contributed by atoms with Crippen molar-refractivity contribution in [1.82, 2.24) is 31.2 Å². The molecule has 0 saturated carbocycles. The Kier molecular flexibility index (Phi) is 11.3. The monoisotopic (exact) mass is 748 g/mol. The third kappa shape index (κ3) is 8.31. The summed E-state index contributed by atoms with van der Waals surface area (Å²) in [6.07, 6.45) is 5.44. The molecule has 54 heavy (non-hydrogen) atoms. The maximum atomic E-state index is 13.5. The van der Waals surface area contributed by atoms with Crippen molar-refractivity contribution in [1.29, 1.82) is 5.26 Å². The molecule has 5 N–H and O–H groups in total. The van der Waals surface area contributed by atoms with Crippen LogP contribution in [0.2, 0.25) is 5.02 Å². The highest BCUT2D eigenvalue weighted by Crippen LogP contribution is 2.42. The predicted octanol–water partition coefficient (Wildman–Crippen LogP) is 4.73. The number of ether oxygens (including phenoxy) is 2.